The van der Waals surface area contributed by atoms with Gasteiger partial charge < -0.3 is 19.6 Å². The molecule has 0 spiro atoms. The van der Waals surface area contributed by atoms with E-state index in [4.69, 9.17) is 0 Å². The van der Waals surface area contributed by atoms with Crippen LogP contribution in [0.4, 0.5) is 11.4 Å². The van der Waals surface area contributed by atoms with E-state index in [1.807, 2.05) is 125 Å². The van der Waals surface area contributed by atoms with Gasteiger partial charge in [0.15, 0.2) is 0 Å². The molecule has 0 bridgehead atoms. The number of aromatic nitrogens is 5. The largest absolute Gasteiger partial charge is 0.437 e. The molecular weight excluding hydrogens is 667 g/mol. The summed E-state index contributed by atoms with van der Waals surface area (Å²) in [5, 5.41) is 9.62. The Morgan fingerprint density at radius 2 is 1.11 bits per heavy atom. The fourth-order valence-corrected chi connectivity index (χ4v) is 7.92. The Morgan fingerprint density at radius 3 is 1.58 bits per heavy atom. The monoisotopic (exact) mass is 714 g/mol. The van der Waals surface area contributed by atoms with Crippen LogP contribution in [0.25, 0.3) is 22.1 Å². The molecule has 13 heteroatoms. The van der Waals surface area contributed by atoms with E-state index in [0.717, 1.165) is 72.2 Å². The SMILES string of the molecule is CB(O)N1CCC(n2c(=O)n(C)c3ccccc32)CC1.CN(c1ccncc1)c1ccc(C(=O)N2CCC(n3c(=O)n(C)c4ccccc43)CC2)cc1. The van der Waals surface area contributed by atoms with Gasteiger partial charge >= 0.3 is 18.4 Å². The highest BCUT2D eigenvalue weighted by Crippen LogP contribution is 2.28. The smallest absolute Gasteiger partial charge is 0.376 e. The minimum Gasteiger partial charge on any atom is -0.437 e. The van der Waals surface area contributed by atoms with Gasteiger partial charge in [0.25, 0.3) is 5.91 Å². The number of anilines is 2. The van der Waals surface area contributed by atoms with Crippen molar-refractivity contribution < 1.29 is 9.82 Å². The third-order valence-electron chi connectivity index (χ3n) is 11.1. The molecule has 53 heavy (non-hydrogen) atoms. The second-order valence-corrected chi connectivity index (χ2v) is 14.1. The first kappa shape index (κ1) is 36.0. The summed E-state index contributed by atoms with van der Waals surface area (Å²) in [4.78, 5) is 48.5. The van der Waals surface area contributed by atoms with Crippen molar-refractivity contribution in [2.75, 3.05) is 38.1 Å². The standard InChI is InChI=1S/C26H27N5O2.C14H20BN3O2/c1-28(21-11-15-27-16-12-21)20-9-7-19(8-10-20)25(32)30-17-13-22(14-18-30)31-24-6-4-3-5-23(24)29(2)26(31)33;1-15(20)17-9-7-11(8-10-17)18-13-6-4-3-5-12(13)16(2)14(18)19/h3-12,15-16,22H,13-14,17-18H2,1-2H3;3-6,11,20H,7-10H2,1-2H3. The number of imidazole rings is 2. The number of hydrogen-bond donors (Lipinski definition) is 1. The molecule has 8 rings (SSSR count). The van der Waals surface area contributed by atoms with E-state index < -0.39 is 7.05 Å². The van der Waals surface area contributed by atoms with E-state index in [0.29, 0.717) is 18.7 Å². The van der Waals surface area contributed by atoms with E-state index in [-0.39, 0.29) is 29.4 Å². The van der Waals surface area contributed by atoms with Crippen molar-refractivity contribution in [2.24, 2.45) is 14.1 Å². The van der Waals surface area contributed by atoms with E-state index >= 15 is 0 Å². The van der Waals surface area contributed by atoms with Gasteiger partial charge in [0.2, 0.25) is 0 Å². The molecule has 0 aliphatic carbocycles. The zero-order valence-electron chi connectivity index (χ0n) is 30.9. The number of carbonyl (C=O) groups is 1. The summed E-state index contributed by atoms with van der Waals surface area (Å²) in [5.41, 5.74) is 6.69. The van der Waals surface area contributed by atoms with Crippen molar-refractivity contribution in [3.8, 4) is 0 Å². The summed E-state index contributed by atoms with van der Waals surface area (Å²) in [6, 6.07) is 27.8. The Hall–Kier alpha value is -5.40. The molecule has 6 aromatic rings. The number of nitrogens with zero attached hydrogens (tertiary/aromatic N) is 8. The van der Waals surface area contributed by atoms with Crippen LogP contribution in [0.3, 0.4) is 0 Å². The Morgan fingerprint density at radius 1 is 0.679 bits per heavy atom. The molecule has 0 atom stereocenters. The van der Waals surface area contributed by atoms with E-state index in [1.54, 1.807) is 28.4 Å². The number of likely N-dealkylation sites (tertiary alicyclic amines) is 1. The number of piperidine rings is 2. The zero-order chi connectivity index (χ0) is 37.2. The summed E-state index contributed by atoms with van der Waals surface area (Å²) >= 11 is 0. The summed E-state index contributed by atoms with van der Waals surface area (Å²) < 4.78 is 7.25. The Bertz CT molecular complexity index is 2310. The van der Waals surface area contributed by atoms with Crippen molar-refractivity contribution in [1.29, 1.82) is 0 Å². The lowest BCUT2D eigenvalue weighted by molar-refractivity contribution is 0.0694. The Balaban J connectivity index is 0.000000186. The average molecular weight is 715 g/mol. The fourth-order valence-electron chi connectivity index (χ4n) is 7.92. The van der Waals surface area contributed by atoms with Gasteiger partial charge in [-0.05, 0) is 106 Å². The average Bonchev–Trinajstić information content (AvgIpc) is 3.61. The molecular formula is C40H47BN8O4. The van der Waals surface area contributed by atoms with Crippen LogP contribution in [-0.4, -0.2) is 84.2 Å². The Labute approximate surface area is 309 Å². The van der Waals surface area contributed by atoms with Crippen LogP contribution in [-0.2, 0) is 14.1 Å². The molecule has 2 aliphatic rings. The second kappa shape index (κ2) is 15.3. The molecule has 0 unspecified atom stereocenters. The van der Waals surface area contributed by atoms with Crippen molar-refractivity contribution in [3.05, 3.63) is 124 Å². The first-order valence-corrected chi connectivity index (χ1v) is 18.4. The highest BCUT2D eigenvalue weighted by Gasteiger charge is 2.29. The van der Waals surface area contributed by atoms with E-state index in [2.05, 4.69) is 9.88 Å². The maximum Gasteiger partial charge on any atom is 0.376 e. The van der Waals surface area contributed by atoms with Gasteiger partial charge in [-0.25, -0.2) is 9.59 Å². The van der Waals surface area contributed by atoms with Crippen LogP contribution in [0.1, 0.15) is 48.1 Å². The highest BCUT2D eigenvalue weighted by atomic mass is 16.2. The van der Waals surface area contributed by atoms with Crippen LogP contribution < -0.4 is 16.3 Å². The molecule has 2 fully saturated rings. The van der Waals surface area contributed by atoms with Crippen molar-refractivity contribution in [1.82, 2.24) is 33.0 Å². The second-order valence-electron chi connectivity index (χ2n) is 14.1. The lowest BCUT2D eigenvalue weighted by Gasteiger charge is -2.33. The van der Waals surface area contributed by atoms with Gasteiger partial charge in [0.1, 0.15) is 0 Å². The van der Waals surface area contributed by atoms with Crippen molar-refractivity contribution in [2.45, 2.75) is 44.6 Å². The van der Waals surface area contributed by atoms with Gasteiger partial charge in [-0.1, -0.05) is 24.3 Å². The van der Waals surface area contributed by atoms with Gasteiger partial charge in [-0.3, -0.25) is 28.0 Å². The van der Waals surface area contributed by atoms with Crippen molar-refractivity contribution >= 4 is 46.4 Å². The topological polar surface area (TPSA) is 114 Å². The molecule has 1 N–H and O–H groups in total. The maximum atomic E-state index is 13.1. The molecule has 1 amide bonds. The zero-order valence-corrected chi connectivity index (χ0v) is 30.9. The number of benzene rings is 3. The number of pyridine rings is 1. The quantitative estimate of drug-likeness (QED) is 0.240. The van der Waals surface area contributed by atoms with Gasteiger partial charge in [0, 0.05) is 75.6 Å². The minimum absolute atomic E-state index is 0.00915. The lowest BCUT2D eigenvalue weighted by Crippen LogP contribution is -2.44. The third kappa shape index (κ3) is 7.06. The molecule has 2 saturated heterocycles. The number of amides is 1. The van der Waals surface area contributed by atoms with Crippen LogP contribution in [0, 0.1) is 0 Å². The summed E-state index contributed by atoms with van der Waals surface area (Å²) in [5.74, 6) is 0.0387. The Kier molecular flexibility index (Phi) is 10.4. The molecule has 3 aromatic carbocycles. The predicted octanol–water partition coefficient (Wildman–Crippen LogP) is 5.07. The number of rotatable bonds is 6. The molecule has 274 valence electrons. The maximum absolute atomic E-state index is 13.1. The first-order valence-electron chi connectivity index (χ1n) is 18.4. The van der Waals surface area contributed by atoms with Gasteiger partial charge in [-0.2, -0.15) is 0 Å². The van der Waals surface area contributed by atoms with Gasteiger partial charge in [0.05, 0.1) is 22.1 Å². The van der Waals surface area contributed by atoms with Crippen LogP contribution >= 0.6 is 0 Å². The predicted molar refractivity (Wildman–Crippen MR) is 211 cm³/mol. The van der Waals surface area contributed by atoms with E-state index in [9.17, 15) is 19.4 Å². The molecule has 0 saturated carbocycles. The molecule has 0 radical (unpaired) electrons. The number of carbonyl (C=O) groups excluding carboxylic acids is 1. The van der Waals surface area contributed by atoms with Crippen LogP contribution in [0.15, 0.2) is 107 Å². The lowest BCUT2D eigenvalue weighted by atomic mass is 9.82. The minimum atomic E-state index is -0.403. The van der Waals surface area contributed by atoms with Gasteiger partial charge in [-0.15, -0.1) is 0 Å². The summed E-state index contributed by atoms with van der Waals surface area (Å²) in [7, 11) is 5.23. The number of aryl methyl sites for hydroxylation is 2. The highest BCUT2D eigenvalue weighted by molar-refractivity contribution is 6.45. The van der Waals surface area contributed by atoms with E-state index in [1.165, 1.54) is 0 Å². The number of fused-ring (bicyclic) bond motifs is 2. The normalized spacial score (nSPS) is 15.8. The molecule has 3 aromatic heterocycles. The van der Waals surface area contributed by atoms with Crippen LogP contribution in [0.5, 0.6) is 0 Å². The van der Waals surface area contributed by atoms with Crippen molar-refractivity contribution in [3.63, 3.8) is 0 Å². The molecule has 5 heterocycles. The number of hydrogen-bond acceptors (Lipinski definition) is 7. The molecule has 12 nitrogen and oxygen atoms in total. The molecule has 2 aliphatic heterocycles. The summed E-state index contributed by atoms with van der Waals surface area (Å²) in [6.45, 7) is 4.73. The summed E-state index contributed by atoms with van der Waals surface area (Å²) in [6.07, 6.45) is 6.86. The number of para-hydroxylation sites is 4. The third-order valence-corrected chi connectivity index (χ3v) is 11.1. The van der Waals surface area contributed by atoms with Crippen LogP contribution in [0.2, 0.25) is 6.82 Å². The fraction of sp³-hybridized carbons (Fsp3) is 0.350. The first-order chi connectivity index (χ1) is 25.6.